The fraction of sp³-hybridized carbons (Fsp3) is 0.250. The van der Waals surface area contributed by atoms with Crippen molar-refractivity contribution in [3.63, 3.8) is 0 Å². The van der Waals surface area contributed by atoms with Crippen molar-refractivity contribution in [3.8, 4) is 17.1 Å². The van der Waals surface area contributed by atoms with Crippen LogP contribution < -0.4 is 4.74 Å². The van der Waals surface area contributed by atoms with Crippen molar-refractivity contribution < 1.29 is 14.1 Å². The van der Waals surface area contributed by atoms with Gasteiger partial charge in [0.1, 0.15) is 5.75 Å². The van der Waals surface area contributed by atoms with Gasteiger partial charge < -0.3 is 14.2 Å². The summed E-state index contributed by atoms with van der Waals surface area (Å²) in [5, 5.41) is 4.95. The number of benzene rings is 2. The van der Waals surface area contributed by atoms with Crippen LogP contribution in [0.1, 0.15) is 18.7 Å². The largest absolute Gasteiger partial charge is 0.492 e. The number of hydrogen-bond acceptors (Lipinski definition) is 5. The van der Waals surface area contributed by atoms with Gasteiger partial charge in [0.25, 0.3) is 0 Å². The van der Waals surface area contributed by atoms with E-state index in [0.29, 0.717) is 47.0 Å². The van der Waals surface area contributed by atoms with Crippen molar-refractivity contribution in [2.24, 2.45) is 0 Å². The van der Waals surface area contributed by atoms with Gasteiger partial charge in [0.15, 0.2) is 0 Å². The topological polar surface area (TPSA) is 68.5 Å². The van der Waals surface area contributed by atoms with Gasteiger partial charge in [-0.05, 0) is 24.6 Å². The molecule has 0 N–H and O–H groups in total. The Balaban J connectivity index is 1.44. The highest BCUT2D eigenvalue weighted by molar-refractivity contribution is 6.35. The van der Waals surface area contributed by atoms with E-state index in [1.54, 1.807) is 30.1 Å². The van der Waals surface area contributed by atoms with Crippen LogP contribution in [0.5, 0.6) is 5.75 Å². The number of hydrogen-bond donors (Lipinski definition) is 0. The van der Waals surface area contributed by atoms with Crippen molar-refractivity contribution in [2.45, 2.75) is 19.4 Å². The van der Waals surface area contributed by atoms with Gasteiger partial charge in [-0.3, -0.25) is 4.79 Å². The molecule has 6 nitrogen and oxygen atoms in total. The highest BCUT2D eigenvalue weighted by Crippen LogP contribution is 2.27. The van der Waals surface area contributed by atoms with E-state index in [1.807, 2.05) is 30.3 Å². The second-order valence-corrected chi connectivity index (χ2v) is 7.00. The molecular weight excluding hydrogens is 401 g/mol. The summed E-state index contributed by atoms with van der Waals surface area (Å²) in [5.74, 6) is 1.40. The van der Waals surface area contributed by atoms with Crippen molar-refractivity contribution in [1.29, 1.82) is 0 Å². The summed E-state index contributed by atoms with van der Waals surface area (Å²) in [6.07, 6.45) is 0.891. The molecule has 0 spiro atoms. The monoisotopic (exact) mass is 419 g/mol. The van der Waals surface area contributed by atoms with Crippen LogP contribution in [0.4, 0.5) is 0 Å². The number of rotatable bonds is 8. The molecule has 146 valence electrons. The maximum atomic E-state index is 12.3. The lowest BCUT2D eigenvalue weighted by atomic mass is 10.2. The fourth-order valence-electron chi connectivity index (χ4n) is 2.50. The number of carbonyl (C=O) groups is 1. The Bertz CT molecular complexity index is 931. The second kappa shape index (κ2) is 9.57. The minimum Gasteiger partial charge on any atom is -0.492 e. The highest BCUT2D eigenvalue weighted by Gasteiger charge is 2.14. The summed E-state index contributed by atoms with van der Waals surface area (Å²) >= 11 is 11.9. The Hall–Kier alpha value is -2.57. The second-order valence-electron chi connectivity index (χ2n) is 6.15. The molecule has 0 bridgehead atoms. The molecule has 0 saturated carbocycles. The molecule has 1 aromatic heterocycles. The predicted molar refractivity (Wildman–Crippen MR) is 107 cm³/mol. The molecule has 0 atom stereocenters. The van der Waals surface area contributed by atoms with E-state index in [1.165, 1.54) is 0 Å². The van der Waals surface area contributed by atoms with Crippen LogP contribution in [-0.2, 0) is 11.3 Å². The third-order valence-corrected chi connectivity index (χ3v) is 4.52. The molecule has 0 unspecified atom stereocenters. The molecule has 0 saturated heterocycles. The van der Waals surface area contributed by atoms with E-state index >= 15 is 0 Å². The average molecular weight is 420 g/mol. The first kappa shape index (κ1) is 20.2. The van der Waals surface area contributed by atoms with E-state index in [0.717, 1.165) is 5.56 Å². The molecule has 1 amide bonds. The van der Waals surface area contributed by atoms with Gasteiger partial charge in [0, 0.05) is 24.1 Å². The van der Waals surface area contributed by atoms with Gasteiger partial charge >= 0.3 is 0 Å². The number of halogens is 2. The van der Waals surface area contributed by atoms with Gasteiger partial charge in [-0.2, -0.15) is 4.98 Å². The number of ether oxygens (including phenoxy) is 1. The van der Waals surface area contributed by atoms with E-state index in [-0.39, 0.29) is 12.5 Å². The molecule has 0 aliphatic heterocycles. The summed E-state index contributed by atoms with van der Waals surface area (Å²) in [5.41, 5.74) is 0.865. The molecule has 8 heteroatoms. The molecule has 3 aromatic rings. The first-order chi connectivity index (χ1) is 13.5. The van der Waals surface area contributed by atoms with Crippen LogP contribution in [0.15, 0.2) is 53.1 Å². The molecule has 28 heavy (non-hydrogen) atoms. The van der Waals surface area contributed by atoms with Crippen molar-refractivity contribution in [1.82, 2.24) is 15.0 Å². The number of amides is 1. The van der Waals surface area contributed by atoms with Crippen molar-refractivity contribution >= 4 is 29.1 Å². The maximum Gasteiger partial charge on any atom is 0.246 e. The minimum absolute atomic E-state index is 0.0368. The van der Waals surface area contributed by atoms with Crippen LogP contribution in [0.3, 0.4) is 0 Å². The Labute approximate surface area is 173 Å². The summed E-state index contributed by atoms with van der Waals surface area (Å²) in [6.45, 7) is 0.627. The first-order valence-electron chi connectivity index (χ1n) is 8.73. The third kappa shape index (κ3) is 5.47. The summed E-state index contributed by atoms with van der Waals surface area (Å²) < 4.78 is 10.8. The first-order valence-corrected chi connectivity index (χ1v) is 9.48. The summed E-state index contributed by atoms with van der Waals surface area (Å²) in [4.78, 5) is 18.2. The van der Waals surface area contributed by atoms with Crippen molar-refractivity contribution in [2.75, 3.05) is 13.7 Å². The lowest BCUT2D eigenvalue weighted by Crippen LogP contribution is -2.26. The van der Waals surface area contributed by atoms with Crippen LogP contribution in [-0.4, -0.2) is 34.6 Å². The van der Waals surface area contributed by atoms with Crippen LogP contribution in [0.25, 0.3) is 11.4 Å². The number of carbonyl (C=O) groups excluding carboxylic acids is 1. The highest BCUT2D eigenvalue weighted by atomic mass is 35.5. The zero-order chi connectivity index (χ0) is 19.9. The minimum atomic E-state index is -0.0368. The molecule has 0 fully saturated rings. The van der Waals surface area contributed by atoms with Gasteiger partial charge in [-0.1, -0.05) is 58.7 Å². The molecule has 2 aromatic carbocycles. The molecule has 0 aliphatic carbocycles. The lowest BCUT2D eigenvalue weighted by Gasteiger charge is -2.15. The molecule has 0 radical (unpaired) electrons. The predicted octanol–water partition coefficient (Wildman–Crippen LogP) is 4.86. The quantitative estimate of drug-likeness (QED) is 0.487. The Morgan fingerprint density at radius 1 is 1.18 bits per heavy atom. The van der Waals surface area contributed by atoms with Crippen LogP contribution >= 0.6 is 23.2 Å². The van der Waals surface area contributed by atoms with Crippen molar-refractivity contribution in [3.05, 3.63) is 64.5 Å². The zero-order valence-corrected chi connectivity index (χ0v) is 16.8. The molecular formula is C20H19Cl2N3O3. The van der Waals surface area contributed by atoms with E-state index in [4.69, 9.17) is 32.5 Å². The zero-order valence-electron chi connectivity index (χ0n) is 15.3. The molecule has 3 rings (SSSR count). The smallest absolute Gasteiger partial charge is 0.246 e. The van der Waals surface area contributed by atoms with E-state index in [9.17, 15) is 4.79 Å². The third-order valence-electron chi connectivity index (χ3n) is 3.98. The Morgan fingerprint density at radius 3 is 2.71 bits per heavy atom. The Kier molecular flexibility index (Phi) is 6.90. The molecule has 0 aliphatic rings. The van der Waals surface area contributed by atoms with Gasteiger partial charge in [0.2, 0.25) is 17.6 Å². The SMILES string of the molecule is CN(Cc1nc(-c2ccccc2)no1)C(=O)CCCOc1ccc(Cl)cc1Cl. The maximum absolute atomic E-state index is 12.3. The average Bonchev–Trinajstić information content (AvgIpc) is 3.15. The van der Waals surface area contributed by atoms with Gasteiger partial charge in [-0.15, -0.1) is 0 Å². The van der Waals surface area contributed by atoms with E-state index in [2.05, 4.69) is 10.1 Å². The fourth-order valence-corrected chi connectivity index (χ4v) is 2.97. The normalized spacial score (nSPS) is 10.7. The van der Waals surface area contributed by atoms with Crippen LogP contribution in [0, 0.1) is 0 Å². The molecule has 1 heterocycles. The Morgan fingerprint density at radius 2 is 1.96 bits per heavy atom. The standard InChI is InChI=1S/C20H19Cl2N3O3/c1-25(13-18-23-20(24-28-18)14-6-3-2-4-7-14)19(26)8-5-11-27-17-10-9-15(21)12-16(17)22/h2-4,6-7,9-10,12H,5,8,11,13H2,1H3. The lowest BCUT2D eigenvalue weighted by molar-refractivity contribution is -0.131. The number of nitrogens with zero attached hydrogens (tertiary/aromatic N) is 3. The van der Waals surface area contributed by atoms with Gasteiger partial charge in [0.05, 0.1) is 18.2 Å². The van der Waals surface area contributed by atoms with Gasteiger partial charge in [-0.25, -0.2) is 0 Å². The van der Waals surface area contributed by atoms with Crippen LogP contribution in [0.2, 0.25) is 10.0 Å². The number of aromatic nitrogens is 2. The summed E-state index contributed by atoms with van der Waals surface area (Å²) in [7, 11) is 1.70. The van der Waals surface area contributed by atoms with E-state index < -0.39 is 0 Å². The summed E-state index contributed by atoms with van der Waals surface area (Å²) in [6, 6.07) is 14.6.